The van der Waals surface area contributed by atoms with Crippen molar-refractivity contribution in [3.05, 3.63) is 41.5 Å². The van der Waals surface area contributed by atoms with Gasteiger partial charge in [-0.1, -0.05) is 5.16 Å². The van der Waals surface area contributed by atoms with Crippen LogP contribution in [0.3, 0.4) is 0 Å². The molecule has 9 nitrogen and oxygen atoms in total. The minimum absolute atomic E-state index is 0.167. The molecular formula is C16H18N4O5. The lowest BCUT2D eigenvalue weighted by Gasteiger charge is -2.06. The number of carboxylic acids is 1. The number of aromatic nitrogens is 2. The van der Waals surface area contributed by atoms with Crippen LogP contribution in [0.5, 0.6) is 0 Å². The number of carboxylic acid groups (broad SMARTS) is 1. The van der Waals surface area contributed by atoms with E-state index in [4.69, 9.17) is 9.63 Å². The monoisotopic (exact) mass is 346 g/mol. The summed E-state index contributed by atoms with van der Waals surface area (Å²) in [6, 6.07) is 6.17. The number of carbonyl (C=O) groups excluding carboxylic acids is 2. The van der Waals surface area contributed by atoms with Crippen molar-refractivity contribution in [2.24, 2.45) is 0 Å². The van der Waals surface area contributed by atoms with Crippen LogP contribution in [0.4, 0.5) is 5.69 Å². The van der Waals surface area contributed by atoms with Gasteiger partial charge in [0.2, 0.25) is 11.8 Å². The molecule has 9 heteroatoms. The molecule has 0 saturated carbocycles. The first-order valence-electron chi connectivity index (χ1n) is 7.63. The smallest absolute Gasteiger partial charge is 0.322 e. The number of benzene rings is 1. The first kappa shape index (κ1) is 18.1. The Hall–Kier alpha value is -3.23. The van der Waals surface area contributed by atoms with Crippen molar-refractivity contribution >= 4 is 23.5 Å². The van der Waals surface area contributed by atoms with Gasteiger partial charge in [0.25, 0.3) is 5.91 Å². The van der Waals surface area contributed by atoms with Gasteiger partial charge in [-0.05, 0) is 37.6 Å². The maximum atomic E-state index is 11.9. The second-order valence-corrected chi connectivity index (χ2v) is 5.29. The van der Waals surface area contributed by atoms with Gasteiger partial charge >= 0.3 is 5.97 Å². The molecule has 0 radical (unpaired) electrons. The van der Waals surface area contributed by atoms with Crippen molar-refractivity contribution in [3.8, 4) is 0 Å². The fourth-order valence-electron chi connectivity index (χ4n) is 2.03. The van der Waals surface area contributed by atoms with Crippen molar-refractivity contribution in [1.29, 1.82) is 0 Å². The number of aryl methyl sites for hydroxylation is 2. The number of anilines is 1. The molecule has 0 saturated heterocycles. The number of hydrogen-bond donors (Lipinski definition) is 3. The summed E-state index contributed by atoms with van der Waals surface area (Å²) >= 11 is 0. The standard InChI is InChI=1S/C16H18N4O5/c1-10-18-14(25-20-10)4-2-3-13(21)19-12-7-5-11(6-8-12)16(24)17-9-15(22)23/h5-8H,2-4,9H2,1H3,(H,17,24)(H,19,21)(H,22,23). The molecule has 25 heavy (non-hydrogen) atoms. The Balaban J connectivity index is 1.76. The number of hydrogen-bond acceptors (Lipinski definition) is 6. The Morgan fingerprint density at radius 1 is 1.20 bits per heavy atom. The summed E-state index contributed by atoms with van der Waals surface area (Å²) < 4.78 is 4.97. The molecule has 0 bridgehead atoms. The van der Waals surface area contributed by atoms with Crippen LogP contribution in [0.1, 0.15) is 34.9 Å². The molecule has 2 amide bonds. The molecule has 0 atom stereocenters. The fraction of sp³-hybridized carbons (Fsp3) is 0.312. The molecule has 1 aromatic carbocycles. The Morgan fingerprint density at radius 2 is 1.92 bits per heavy atom. The van der Waals surface area contributed by atoms with Gasteiger partial charge in [-0.15, -0.1) is 0 Å². The molecule has 0 aliphatic heterocycles. The van der Waals surface area contributed by atoms with Crippen molar-refractivity contribution in [3.63, 3.8) is 0 Å². The van der Waals surface area contributed by atoms with Gasteiger partial charge in [0, 0.05) is 24.1 Å². The van der Waals surface area contributed by atoms with Crippen LogP contribution in [0, 0.1) is 6.92 Å². The number of nitrogens with zero attached hydrogens (tertiary/aromatic N) is 2. The Kier molecular flexibility index (Phi) is 6.21. The van der Waals surface area contributed by atoms with Gasteiger partial charge in [-0.25, -0.2) is 0 Å². The summed E-state index contributed by atoms with van der Waals surface area (Å²) in [7, 11) is 0. The molecular weight excluding hydrogens is 328 g/mol. The highest BCUT2D eigenvalue weighted by Gasteiger charge is 2.09. The minimum atomic E-state index is -1.12. The Labute approximate surface area is 143 Å². The highest BCUT2D eigenvalue weighted by Crippen LogP contribution is 2.11. The molecule has 2 rings (SSSR count). The summed E-state index contributed by atoms with van der Waals surface area (Å²) in [5, 5.41) is 17.2. The van der Waals surface area contributed by atoms with Crippen molar-refractivity contribution in [1.82, 2.24) is 15.5 Å². The fourth-order valence-corrected chi connectivity index (χ4v) is 2.03. The molecule has 0 spiro atoms. The summed E-state index contributed by atoms with van der Waals surface area (Å²) in [6.07, 6.45) is 1.39. The van der Waals surface area contributed by atoms with Crippen molar-refractivity contribution < 1.29 is 24.0 Å². The number of amides is 2. The van der Waals surface area contributed by atoms with Crippen molar-refractivity contribution in [2.75, 3.05) is 11.9 Å². The van der Waals surface area contributed by atoms with Crippen LogP contribution in [0.25, 0.3) is 0 Å². The number of carbonyl (C=O) groups is 3. The minimum Gasteiger partial charge on any atom is -0.480 e. The van der Waals surface area contributed by atoms with E-state index in [1.165, 1.54) is 12.1 Å². The zero-order valence-corrected chi connectivity index (χ0v) is 13.6. The van der Waals surface area contributed by atoms with Crippen LogP contribution < -0.4 is 10.6 Å². The van der Waals surface area contributed by atoms with Crippen molar-refractivity contribution in [2.45, 2.75) is 26.2 Å². The van der Waals surface area contributed by atoms with Crippen LogP contribution in [-0.4, -0.2) is 39.6 Å². The lowest BCUT2D eigenvalue weighted by atomic mass is 10.2. The van der Waals surface area contributed by atoms with E-state index in [9.17, 15) is 14.4 Å². The zero-order chi connectivity index (χ0) is 18.2. The summed E-state index contributed by atoms with van der Waals surface area (Å²) in [5.74, 6) is -0.712. The molecule has 0 aliphatic rings. The third-order valence-corrected chi connectivity index (χ3v) is 3.20. The summed E-state index contributed by atoms with van der Waals surface area (Å²) in [4.78, 5) is 38.0. The quantitative estimate of drug-likeness (QED) is 0.652. The summed E-state index contributed by atoms with van der Waals surface area (Å²) in [5.41, 5.74) is 0.861. The van der Waals surface area contributed by atoms with E-state index in [0.29, 0.717) is 42.2 Å². The Bertz CT molecular complexity index is 754. The van der Waals surface area contributed by atoms with E-state index in [2.05, 4.69) is 20.8 Å². The summed E-state index contributed by atoms with van der Waals surface area (Å²) in [6.45, 7) is 1.28. The van der Waals surface area contributed by atoms with E-state index in [-0.39, 0.29) is 5.91 Å². The predicted octanol–water partition coefficient (Wildman–Crippen LogP) is 1.15. The highest BCUT2D eigenvalue weighted by atomic mass is 16.5. The van der Waals surface area contributed by atoms with Gasteiger partial charge in [-0.2, -0.15) is 4.98 Å². The van der Waals surface area contributed by atoms with Gasteiger partial charge < -0.3 is 20.3 Å². The molecule has 0 unspecified atom stereocenters. The molecule has 0 fully saturated rings. The number of rotatable bonds is 8. The van der Waals surface area contributed by atoms with Crippen LogP contribution in [0.15, 0.2) is 28.8 Å². The van der Waals surface area contributed by atoms with E-state index >= 15 is 0 Å². The van der Waals surface area contributed by atoms with Gasteiger partial charge in [-0.3, -0.25) is 14.4 Å². The first-order valence-corrected chi connectivity index (χ1v) is 7.63. The predicted molar refractivity (Wildman–Crippen MR) is 87.0 cm³/mol. The lowest BCUT2D eigenvalue weighted by Crippen LogP contribution is -2.29. The van der Waals surface area contributed by atoms with Gasteiger partial charge in [0.1, 0.15) is 6.54 Å². The lowest BCUT2D eigenvalue weighted by molar-refractivity contribution is -0.135. The van der Waals surface area contributed by atoms with E-state index in [1.54, 1.807) is 19.1 Å². The average molecular weight is 346 g/mol. The third kappa shape index (κ3) is 6.05. The molecule has 132 valence electrons. The maximum absolute atomic E-state index is 11.9. The van der Waals surface area contributed by atoms with Gasteiger partial charge in [0.05, 0.1) is 0 Å². The van der Waals surface area contributed by atoms with Crippen LogP contribution in [0.2, 0.25) is 0 Å². The normalized spacial score (nSPS) is 10.3. The van der Waals surface area contributed by atoms with E-state index in [1.807, 2.05) is 0 Å². The SMILES string of the molecule is Cc1noc(CCCC(=O)Nc2ccc(C(=O)NCC(=O)O)cc2)n1. The first-order chi connectivity index (χ1) is 11.9. The maximum Gasteiger partial charge on any atom is 0.322 e. The zero-order valence-electron chi connectivity index (χ0n) is 13.6. The largest absolute Gasteiger partial charge is 0.480 e. The topological polar surface area (TPSA) is 134 Å². The second kappa shape index (κ2) is 8.57. The highest BCUT2D eigenvalue weighted by molar-refractivity contribution is 5.97. The number of nitrogens with one attached hydrogen (secondary N) is 2. The molecule has 1 heterocycles. The van der Waals surface area contributed by atoms with Crippen LogP contribution in [-0.2, 0) is 16.0 Å². The molecule has 2 aromatic rings. The third-order valence-electron chi connectivity index (χ3n) is 3.20. The van der Waals surface area contributed by atoms with E-state index < -0.39 is 18.4 Å². The second-order valence-electron chi connectivity index (χ2n) is 5.29. The molecule has 0 aliphatic carbocycles. The van der Waals surface area contributed by atoms with E-state index in [0.717, 1.165) is 0 Å². The van der Waals surface area contributed by atoms with Crippen LogP contribution >= 0.6 is 0 Å². The average Bonchev–Trinajstić information content (AvgIpc) is 2.98. The Morgan fingerprint density at radius 3 is 2.52 bits per heavy atom. The van der Waals surface area contributed by atoms with Gasteiger partial charge in [0.15, 0.2) is 5.82 Å². The number of aliphatic carboxylic acids is 1. The molecule has 1 aromatic heterocycles. The molecule has 3 N–H and O–H groups in total.